The number of aromatic nitrogens is 3. The van der Waals surface area contributed by atoms with Crippen molar-refractivity contribution < 1.29 is 19.0 Å². The first-order valence-electron chi connectivity index (χ1n) is 9.98. The first-order valence-corrected chi connectivity index (χ1v) is 11.0. The number of nitrogens with one attached hydrogen (secondary N) is 1. The molecule has 9 heteroatoms. The molecule has 31 heavy (non-hydrogen) atoms. The van der Waals surface area contributed by atoms with Crippen LogP contribution in [0.25, 0.3) is 0 Å². The summed E-state index contributed by atoms with van der Waals surface area (Å²) in [5.41, 5.74) is 2.95. The molecule has 8 nitrogen and oxygen atoms in total. The number of hydrogen-bond acceptors (Lipinski definition) is 7. The molecule has 1 aliphatic rings. The molecule has 1 aromatic heterocycles. The highest BCUT2D eigenvalue weighted by Gasteiger charge is 2.16. The summed E-state index contributed by atoms with van der Waals surface area (Å²) in [5, 5.41) is 12.1. The van der Waals surface area contributed by atoms with Crippen molar-refractivity contribution in [3.63, 3.8) is 0 Å². The average molecular weight is 441 g/mol. The average Bonchev–Trinajstić information content (AvgIpc) is 3.39. The molecular weight excluding hydrogens is 416 g/mol. The number of ether oxygens (including phenoxy) is 3. The molecule has 0 saturated heterocycles. The first-order chi connectivity index (χ1) is 15.0. The summed E-state index contributed by atoms with van der Waals surface area (Å²) in [4.78, 5) is 12.4. The van der Waals surface area contributed by atoms with Crippen molar-refractivity contribution in [2.24, 2.45) is 0 Å². The van der Waals surface area contributed by atoms with Crippen LogP contribution in [0.5, 0.6) is 17.2 Å². The third kappa shape index (κ3) is 4.77. The highest BCUT2D eigenvalue weighted by atomic mass is 32.2. The number of carbonyl (C=O) groups is 1. The molecule has 1 aliphatic heterocycles. The van der Waals surface area contributed by atoms with E-state index in [9.17, 15) is 4.79 Å². The van der Waals surface area contributed by atoms with Crippen LogP contribution < -0.4 is 19.5 Å². The molecule has 2 aromatic carbocycles. The number of fused-ring (bicyclic) bond motifs is 1. The van der Waals surface area contributed by atoms with Crippen LogP contribution in [0.4, 0.5) is 5.69 Å². The molecule has 162 valence electrons. The normalized spacial score (nSPS) is 12.1. The summed E-state index contributed by atoms with van der Waals surface area (Å²) >= 11 is 1.34. The highest BCUT2D eigenvalue weighted by molar-refractivity contribution is 7.99. The number of carbonyl (C=O) groups excluding carboxylic acids is 1. The Hall–Kier alpha value is -3.20. The number of amides is 1. The number of rotatable bonds is 8. The van der Waals surface area contributed by atoms with Crippen LogP contribution in [0.1, 0.15) is 23.9 Å². The van der Waals surface area contributed by atoms with Crippen LogP contribution in [0.15, 0.2) is 41.6 Å². The van der Waals surface area contributed by atoms with E-state index in [4.69, 9.17) is 14.2 Å². The lowest BCUT2D eigenvalue weighted by atomic mass is 10.1. The molecule has 0 fully saturated rings. The Bertz CT molecular complexity index is 1100. The minimum Gasteiger partial charge on any atom is -0.485 e. The molecule has 0 spiro atoms. The van der Waals surface area contributed by atoms with Crippen LogP contribution >= 0.6 is 11.8 Å². The minimum absolute atomic E-state index is 0.136. The van der Waals surface area contributed by atoms with Crippen molar-refractivity contribution in [2.45, 2.75) is 39.1 Å². The van der Waals surface area contributed by atoms with Gasteiger partial charge in [-0.05, 0) is 50.1 Å². The van der Waals surface area contributed by atoms with Gasteiger partial charge in [0.1, 0.15) is 12.4 Å². The van der Waals surface area contributed by atoms with E-state index in [2.05, 4.69) is 28.5 Å². The van der Waals surface area contributed by atoms with Crippen molar-refractivity contribution in [3.05, 3.63) is 53.3 Å². The third-order valence-electron chi connectivity index (χ3n) is 5.01. The predicted octanol–water partition coefficient (Wildman–Crippen LogP) is 3.95. The van der Waals surface area contributed by atoms with E-state index >= 15 is 0 Å². The molecule has 1 N–H and O–H groups in total. The Labute approximate surface area is 184 Å². The Balaban J connectivity index is 1.35. The van der Waals surface area contributed by atoms with Gasteiger partial charge < -0.3 is 24.1 Å². The van der Waals surface area contributed by atoms with Gasteiger partial charge in [-0.3, -0.25) is 4.79 Å². The van der Waals surface area contributed by atoms with Gasteiger partial charge in [-0.15, -0.1) is 10.2 Å². The number of thioether (sulfide) groups is 1. The van der Waals surface area contributed by atoms with E-state index in [1.54, 1.807) is 18.2 Å². The molecule has 0 aliphatic carbocycles. The fourth-order valence-electron chi connectivity index (χ4n) is 3.17. The van der Waals surface area contributed by atoms with Gasteiger partial charge in [0.15, 0.2) is 22.5 Å². The molecule has 0 bridgehead atoms. The smallest absolute Gasteiger partial charge is 0.234 e. The Morgan fingerprint density at radius 1 is 1.19 bits per heavy atom. The van der Waals surface area contributed by atoms with Crippen LogP contribution in [0, 0.1) is 13.8 Å². The molecule has 0 saturated carbocycles. The van der Waals surface area contributed by atoms with Crippen molar-refractivity contribution in [2.75, 3.05) is 17.9 Å². The Morgan fingerprint density at radius 2 is 2.03 bits per heavy atom. The second kappa shape index (κ2) is 9.30. The molecule has 0 unspecified atom stereocenters. The van der Waals surface area contributed by atoms with E-state index in [0.717, 1.165) is 17.1 Å². The van der Waals surface area contributed by atoms with Crippen molar-refractivity contribution in [1.82, 2.24) is 14.8 Å². The number of aryl methyl sites for hydroxylation is 1. The fourth-order valence-corrected chi connectivity index (χ4v) is 4.00. The zero-order valence-corrected chi connectivity index (χ0v) is 18.5. The van der Waals surface area contributed by atoms with Gasteiger partial charge >= 0.3 is 0 Å². The number of benzene rings is 2. The van der Waals surface area contributed by atoms with Gasteiger partial charge in [-0.1, -0.05) is 23.9 Å². The molecular formula is C22H24N4O4S. The first kappa shape index (κ1) is 21.0. The largest absolute Gasteiger partial charge is 0.485 e. The van der Waals surface area contributed by atoms with Gasteiger partial charge in [0, 0.05) is 18.3 Å². The molecule has 0 atom stereocenters. The summed E-state index contributed by atoms with van der Waals surface area (Å²) in [6.45, 7) is 7.31. The van der Waals surface area contributed by atoms with E-state index in [-0.39, 0.29) is 18.5 Å². The summed E-state index contributed by atoms with van der Waals surface area (Å²) in [7, 11) is 0. The van der Waals surface area contributed by atoms with Crippen molar-refractivity contribution >= 4 is 23.4 Å². The maximum atomic E-state index is 12.4. The fraction of sp³-hybridized carbons (Fsp3) is 0.318. The van der Waals surface area contributed by atoms with Crippen molar-refractivity contribution in [3.8, 4) is 17.2 Å². The maximum Gasteiger partial charge on any atom is 0.234 e. The zero-order chi connectivity index (χ0) is 21.8. The zero-order valence-electron chi connectivity index (χ0n) is 17.7. The number of nitrogens with zero attached hydrogens (tertiary/aromatic N) is 3. The predicted molar refractivity (Wildman–Crippen MR) is 118 cm³/mol. The highest BCUT2D eigenvalue weighted by Crippen LogP contribution is 2.34. The third-order valence-corrected chi connectivity index (χ3v) is 5.98. The lowest BCUT2D eigenvalue weighted by Crippen LogP contribution is -2.15. The standard InChI is InChI=1S/C22H24N4O4S/c1-4-26-20(11-28-17-7-5-6-14(2)15(17)3)24-25-22(26)31-12-21(27)23-16-8-9-18-19(10-16)30-13-29-18/h5-10H,4,11-13H2,1-3H3,(H,23,27). The van der Waals surface area contributed by atoms with Gasteiger partial charge in [-0.25, -0.2) is 0 Å². The second-order valence-corrected chi connectivity index (χ2v) is 7.98. The number of hydrogen-bond donors (Lipinski definition) is 1. The van der Waals surface area contributed by atoms with E-state index in [0.29, 0.717) is 35.5 Å². The van der Waals surface area contributed by atoms with Gasteiger partial charge in [-0.2, -0.15) is 0 Å². The molecule has 3 aromatic rings. The minimum atomic E-state index is -0.136. The molecule has 4 rings (SSSR count). The SMILES string of the molecule is CCn1c(COc2cccc(C)c2C)nnc1SCC(=O)Nc1ccc2c(c1)OCO2. The lowest BCUT2D eigenvalue weighted by Gasteiger charge is -2.11. The molecule has 0 radical (unpaired) electrons. The van der Waals surface area contributed by atoms with Crippen LogP contribution in [-0.4, -0.2) is 33.2 Å². The molecule has 2 heterocycles. The monoisotopic (exact) mass is 440 g/mol. The van der Waals surface area contributed by atoms with Crippen LogP contribution in [0.3, 0.4) is 0 Å². The van der Waals surface area contributed by atoms with Gasteiger partial charge in [0.05, 0.1) is 5.75 Å². The van der Waals surface area contributed by atoms with Crippen LogP contribution in [0.2, 0.25) is 0 Å². The summed E-state index contributed by atoms with van der Waals surface area (Å²) < 4.78 is 18.6. The topological polar surface area (TPSA) is 87.5 Å². The number of anilines is 1. The summed E-state index contributed by atoms with van der Waals surface area (Å²) in [6.07, 6.45) is 0. The second-order valence-electron chi connectivity index (χ2n) is 7.03. The van der Waals surface area contributed by atoms with Gasteiger partial charge in [0.25, 0.3) is 0 Å². The lowest BCUT2D eigenvalue weighted by molar-refractivity contribution is -0.113. The Kier molecular flexibility index (Phi) is 6.31. The van der Waals surface area contributed by atoms with E-state index in [1.165, 1.54) is 17.3 Å². The maximum absolute atomic E-state index is 12.4. The molecule has 1 amide bonds. The van der Waals surface area contributed by atoms with E-state index < -0.39 is 0 Å². The summed E-state index contributed by atoms with van der Waals surface area (Å²) in [6, 6.07) is 11.3. The summed E-state index contributed by atoms with van der Waals surface area (Å²) in [5.74, 6) is 2.95. The van der Waals surface area contributed by atoms with Crippen molar-refractivity contribution in [1.29, 1.82) is 0 Å². The Morgan fingerprint density at radius 3 is 2.87 bits per heavy atom. The quantitative estimate of drug-likeness (QED) is 0.531. The van der Waals surface area contributed by atoms with E-state index in [1.807, 2.05) is 30.5 Å². The van der Waals surface area contributed by atoms with Gasteiger partial charge in [0.2, 0.25) is 12.7 Å². The van der Waals surface area contributed by atoms with Crippen LogP contribution in [-0.2, 0) is 17.9 Å².